The normalized spacial score (nSPS) is 20.4. The van der Waals surface area contributed by atoms with Gasteiger partial charge in [-0.15, -0.1) is 0 Å². The van der Waals surface area contributed by atoms with Crippen LogP contribution in [0.1, 0.15) is 44.7 Å². The third-order valence-electron chi connectivity index (χ3n) is 6.29. The van der Waals surface area contributed by atoms with Crippen LogP contribution in [-0.4, -0.2) is 23.5 Å². The molecule has 0 saturated carbocycles. The van der Waals surface area contributed by atoms with Crippen LogP contribution in [-0.2, 0) is 16.0 Å². The summed E-state index contributed by atoms with van der Waals surface area (Å²) in [6, 6.07) is 20.2. The fraction of sp³-hybridized carbons (Fsp3) is 0.185. The van der Waals surface area contributed by atoms with Crippen molar-refractivity contribution in [1.82, 2.24) is 0 Å². The SMILES string of the molecule is CCc1ccc(C(C2C(=O)Oc3ccccc3C2=O)C2C(=O)Oc3ccccc3C2=O)cc1. The molecule has 0 N–H and O–H groups in total. The predicted molar refractivity (Wildman–Crippen MR) is 118 cm³/mol. The van der Waals surface area contributed by atoms with Gasteiger partial charge in [0.05, 0.1) is 11.1 Å². The molecule has 2 unspecified atom stereocenters. The number of esters is 2. The predicted octanol–water partition coefficient (Wildman–Crippen LogP) is 4.17. The number of fused-ring (bicyclic) bond motifs is 2. The summed E-state index contributed by atoms with van der Waals surface area (Å²) < 4.78 is 10.9. The number of Topliss-reactive ketones (excluding diaryl/α,β-unsaturated/α-hetero) is 2. The maximum absolute atomic E-state index is 13.5. The van der Waals surface area contributed by atoms with Crippen LogP contribution < -0.4 is 9.47 Å². The first-order valence-electron chi connectivity index (χ1n) is 10.8. The molecular formula is C27H20O6. The van der Waals surface area contributed by atoms with Gasteiger partial charge >= 0.3 is 11.9 Å². The number of carbonyl (C=O) groups excluding carboxylic acids is 4. The topological polar surface area (TPSA) is 86.7 Å². The highest BCUT2D eigenvalue weighted by atomic mass is 16.5. The van der Waals surface area contributed by atoms with Gasteiger partial charge < -0.3 is 9.47 Å². The molecule has 0 bridgehead atoms. The number of hydrogen-bond acceptors (Lipinski definition) is 6. The Morgan fingerprint density at radius 1 is 0.667 bits per heavy atom. The smallest absolute Gasteiger partial charge is 0.322 e. The Kier molecular flexibility index (Phi) is 5.13. The molecule has 2 heterocycles. The van der Waals surface area contributed by atoms with Gasteiger partial charge in [0.25, 0.3) is 0 Å². The van der Waals surface area contributed by atoms with Gasteiger partial charge in [0.1, 0.15) is 23.3 Å². The number of rotatable bonds is 4. The molecule has 0 aromatic heterocycles. The average Bonchev–Trinajstić information content (AvgIpc) is 2.83. The molecule has 2 atom stereocenters. The van der Waals surface area contributed by atoms with Gasteiger partial charge in [0, 0.05) is 5.92 Å². The van der Waals surface area contributed by atoms with Crippen molar-refractivity contribution in [3.05, 3.63) is 95.1 Å². The van der Waals surface area contributed by atoms with Gasteiger partial charge in [-0.2, -0.15) is 0 Å². The Bertz CT molecular complexity index is 1210. The zero-order chi connectivity index (χ0) is 23.1. The van der Waals surface area contributed by atoms with E-state index >= 15 is 0 Å². The molecule has 0 spiro atoms. The molecule has 0 saturated heterocycles. The van der Waals surface area contributed by atoms with E-state index in [0.29, 0.717) is 5.56 Å². The minimum Gasteiger partial charge on any atom is -0.425 e. The molecule has 33 heavy (non-hydrogen) atoms. The van der Waals surface area contributed by atoms with Crippen LogP contribution in [0.4, 0.5) is 0 Å². The third kappa shape index (κ3) is 3.44. The third-order valence-corrected chi connectivity index (χ3v) is 6.29. The van der Waals surface area contributed by atoms with Crippen molar-refractivity contribution in [2.24, 2.45) is 11.8 Å². The summed E-state index contributed by atoms with van der Waals surface area (Å²) in [5.41, 5.74) is 2.06. The van der Waals surface area contributed by atoms with Gasteiger partial charge in [-0.1, -0.05) is 55.5 Å². The summed E-state index contributed by atoms with van der Waals surface area (Å²) in [6.07, 6.45) is 0.792. The van der Waals surface area contributed by atoms with E-state index in [9.17, 15) is 19.2 Å². The summed E-state index contributed by atoms with van der Waals surface area (Å²) in [4.78, 5) is 53.2. The highest BCUT2D eigenvalue weighted by molar-refractivity contribution is 6.18. The second-order valence-electron chi connectivity index (χ2n) is 8.14. The monoisotopic (exact) mass is 440 g/mol. The van der Waals surface area contributed by atoms with E-state index in [-0.39, 0.29) is 22.6 Å². The van der Waals surface area contributed by atoms with E-state index in [4.69, 9.17) is 9.47 Å². The fourth-order valence-corrected chi connectivity index (χ4v) is 4.58. The Balaban J connectivity index is 1.66. The quantitative estimate of drug-likeness (QED) is 0.344. The van der Waals surface area contributed by atoms with Gasteiger partial charge in [0.2, 0.25) is 0 Å². The molecule has 5 rings (SSSR count). The van der Waals surface area contributed by atoms with E-state index < -0.39 is 41.3 Å². The summed E-state index contributed by atoms with van der Waals surface area (Å²) >= 11 is 0. The van der Waals surface area contributed by atoms with Crippen molar-refractivity contribution < 1.29 is 28.7 Å². The number of para-hydroxylation sites is 2. The Labute approximate surface area is 190 Å². The maximum atomic E-state index is 13.5. The van der Waals surface area contributed by atoms with Crippen molar-refractivity contribution in [1.29, 1.82) is 0 Å². The van der Waals surface area contributed by atoms with Crippen LogP contribution in [0.15, 0.2) is 72.8 Å². The summed E-state index contributed by atoms with van der Waals surface area (Å²) in [5.74, 6) is -5.99. The Morgan fingerprint density at radius 3 is 1.58 bits per heavy atom. The Morgan fingerprint density at radius 2 is 1.12 bits per heavy atom. The van der Waals surface area contributed by atoms with E-state index in [0.717, 1.165) is 12.0 Å². The molecule has 0 radical (unpaired) electrons. The first-order chi connectivity index (χ1) is 16.0. The Hall–Kier alpha value is -4.06. The summed E-state index contributed by atoms with van der Waals surface area (Å²) in [5, 5.41) is 0. The second-order valence-corrected chi connectivity index (χ2v) is 8.14. The molecule has 0 fully saturated rings. The molecule has 6 nitrogen and oxygen atoms in total. The molecule has 6 heteroatoms. The van der Waals surface area contributed by atoms with Crippen molar-refractivity contribution in [2.45, 2.75) is 19.3 Å². The lowest BCUT2D eigenvalue weighted by Crippen LogP contribution is -2.46. The zero-order valence-electron chi connectivity index (χ0n) is 17.8. The molecule has 2 aliphatic heterocycles. The van der Waals surface area contributed by atoms with Gasteiger partial charge in [-0.05, 0) is 41.8 Å². The number of ketones is 2. The standard InChI is InChI=1S/C27H20O6/c1-2-15-11-13-16(14-12-15)21(22-24(28)17-7-3-5-9-19(17)32-26(22)30)23-25(29)18-8-4-6-10-20(18)33-27(23)31/h3-14,21-23H,2H2,1H3. The summed E-state index contributed by atoms with van der Waals surface area (Å²) in [6.45, 7) is 2.00. The molecule has 0 amide bonds. The van der Waals surface area contributed by atoms with E-state index in [1.54, 1.807) is 60.7 Å². The maximum Gasteiger partial charge on any atom is 0.322 e. The molecule has 2 aliphatic rings. The molecule has 164 valence electrons. The van der Waals surface area contributed by atoms with Gasteiger partial charge in [-0.25, -0.2) is 0 Å². The highest BCUT2D eigenvalue weighted by Crippen LogP contribution is 2.43. The largest absolute Gasteiger partial charge is 0.425 e. The lowest BCUT2D eigenvalue weighted by molar-refractivity contribution is -0.142. The van der Waals surface area contributed by atoms with Crippen LogP contribution in [0, 0.1) is 11.8 Å². The highest BCUT2D eigenvalue weighted by Gasteiger charge is 2.52. The van der Waals surface area contributed by atoms with Gasteiger partial charge in [-0.3, -0.25) is 19.2 Å². The minimum absolute atomic E-state index is 0.173. The zero-order valence-corrected chi connectivity index (χ0v) is 17.8. The van der Waals surface area contributed by atoms with Crippen LogP contribution in [0.25, 0.3) is 0 Å². The van der Waals surface area contributed by atoms with Crippen LogP contribution in [0.2, 0.25) is 0 Å². The van der Waals surface area contributed by atoms with Crippen LogP contribution >= 0.6 is 0 Å². The first-order valence-corrected chi connectivity index (χ1v) is 10.8. The van der Waals surface area contributed by atoms with Gasteiger partial charge in [0.15, 0.2) is 11.6 Å². The number of carbonyl (C=O) groups is 4. The first kappa shape index (κ1) is 20.8. The van der Waals surface area contributed by atoms with E-state index in [1.165, 1.54) is 0 Å². The van der Waals surface area contributed by atoms with E-state index in [1.807, 2.05) is 19.1 Å². The van der Waals surface area contributed by atoms with Crippen LogP contribution in [0.3, 0.4) is 0 Å². The van der Waals surface area contributed by atoms with Crippen LogP contribution in [0.5, 0.6) is 11.5 Å². The molecule has 3 aromatic carbocycles. The molecule has 0 aliphatic carbocycles. The lowest BCUT2D eigenvalue weighted by Gasteiger charge is -2.34. The minimum atomic E-state index is -1.36. The van der Waals surface area contributed by atoms with Crippen molar-refractivity contribution in [3.63, 3.8) is 0 Å². The second kappa shape index (κ2) is 8.13. The lowest BCUT2D eigenvalue weighted by atomic mass is 9.70. The fourth-order valence-electron chi connectivity index (χ4n) is 4.58. The van der Waals surface area contributed by atoms with Crippen molar-refractivity contribution >= 4 is 23.5 Å². The van der Waals surface area contributed by atoms with Crippen molar-refractivity contribution in [2.75, 3.05) is 0 Å². The van der Waals surface area contributed by atoms with E-state index in [2.05, 4.69) is 0 Å². The molecule has 3 aromatic rings. The molecular weight excluding hydrogens is 420 g/mol. The number of hydrogen-bond donors (Lipinski definition) is 0. The summed E-state index contributed by atoms with van der Waals surface area (Å²) in [7, 11) is 0. The van der Waals surface area contributed by atoms with Crippen molar-refractivity contribution in [3.8, 4) is 11.5 Å². The number of benzene rings is 3. The number of ether oxygens (including phenoxy) is 2. The average molecular weight is 440 g/mol. The number of aryl methyl sites for hydroxylation is 1.